The van der Waals surface area contributed by atoms with Crippen LogP contribution in [0.15, 0.2) is 30.3 Å². The van der Waals surface area contributed by atoms with Crippen molar-refractivity contribution < 1.29 is 4.79 Å². The van der Waals surface area contributed by atoms with Crippen LogP contribution in [0, 0.1) is 5.41 Å². The molecule has 0 bridgehead atoms. The van der Waals surface area contributed by atoms with Crippen molar-refractivity contribution in [2.24, 2.45) is 5.41 Å². The van der Waals surface area contributed by atoms with Crippen molar-refractivity contribution in [1.82, 2.24) is 4.90 Å². The van der Waals surface area contributed by atoms with Gasteiger partial charge < -0.3 is 4.90 Å². The van der Waals surface area contributed by atoms with Crippen molar-refractivity contribution in [3.05, 3.63) is 35.9 Å². The van der Waals surface area contributed by atoms with Gasteiger partial charge in [-0.3, -0.25) is 4.79 Å². The average Bonchev–Trinajstić information content (AvgIpc) is 2.27. The van der Waals surface area contributed by atoms with Crippen LogP contribution < -0.4 is 0 Å². The summed E-state index contributed by atoms with van der Waals surface area (Å²) in [5.74, 6) is 0.187. The zero-order valence-electron chi connectivity index (χ0n) is 12.4. The van der Waals surface area contributed by atoms with E-state index in [-0.39, 0.29) is 16.7 Å². The highest BCUT2D eigenvalue weighted by Crippen LogP contribution is 2.25. The first-order chi connectivity index (χ1) is 8.14. The van der Waals surface area contributed by atoms with Crippen LogP contribution in [0.1, 0.15) is 40.2 Å². The van der Waals surface area contributed by atoms with Gasteiger partial charge in [-0.25, -0.2) is 0 Å². The van der Waals surface area contributed by atoms with Gasteiger partial charge in [0, 0.05) is 24.4 Å². The Bertz CT molecular complexity index is 401. The number of amides is 1. The third kappa shape index (κ3) is 3.59. The van der Waals surface area contributed by atoms with E-state index in [2.05, 4.69) is 26.0 Å². The average molecular weight is 247 g/mol. The van der Waals surface area contributed by atoms with E-state index < -0.39 is 0 Å². The van der Waals surface area contributed by atoms with Gasteiger partial charge in [0.05, 0.1) is 0 Å². The molecule has 0 heterocycles. The molecular weight excluding hydrogens is 222 g/mol. The lowest BCUT2D eigenvalue weighted by atomic mass is 9.83. The first-order valence-corrected chi connectivity index (χ1v) is 6.46. The van der Waals surface area contributed by atoms with Crippen molar-refractivity contribution >= 4 is 5.91 Å². The Balaban J connectivity index is 2.81. The first-order valence-electron chi connectivity index (χ1n) is 6.46. The van der Waals surface area contributed by atoms with Crippen LogP contribution in [0.3, 0.4) is 0 Å². The normalized spacial score (nSPS) is 12.3. The minimum Gasteiger partial charge on any atom is -0.344 e. The topological polar surface area (TPSA) is 20.3 Å². The largest absolute Gasteiger partial charge is 0.344 e. The Kier molecular flexibility index (Phi) is 4.20. The number of carbonyl (C=O) groups is 1. The third-order valence-corrected chi connectivity index (χ3v) is 3.18. The second-order valence-corrected chi connectivity index (χ2v) is 6.66. The van der Waals surface area contributed by atoms with Gasteiger partial charge in [0.2, 0.25) is 5.91 Å². The van der Waals surface area contributed by atoms with Gasteiger partial charge >= 0.3 is 0 Å². The summed E-state index contributed by atoms with van der Waals surface area (Å²) in [7, 11) is 1.89. The van der Waals surface area contributed by atoms with Crippen LogP contribution in [0.4, 0.5) is 0 Å². The Morgan fingerprint density at radius 1 is 1.06 bits per heavy atom. The molecule has 0 aliphatic rings. The molecule has 0 saturated heterocycles. The minimum absolute atomic E-state index is 0.0308. The molecule has 0 fully saturated rings. The van der Waals surface area contributed by atoms with Gasteiger partial charge in [-0.2, -0.15) is 0 Å². The summed E-state index contributed by atoms with van der Waals surface area (Å²) in [6.07, 6.45) is 0. The highest BCUT2D eigenvalue weighted by Gasteiger charge is 2.29. The fourth-order valence-corrected chi connectivity index (χ4v) is 2.22. The third-order valence-electron chi connectivity index (χ3n) is 3.18. The van der Waals surface area contributed by atoms with Crippen molar-refractivity contribution in [2.75, 3.05) is 13.6 Å². The van der Waals surface area contributed by atoms with E-state index in [1.54, 1.807) is 0 Å². The molecule has 0 unspecified atom stereocenters. The smallest absolute Gasteiger partial charge is 0.227 e. The van der Waals surface area contributed by atoms with Gasteiger partial charge in [-0.1, -0.05) is 65.0 Å². The molecule has 100 valence electrons. The second kappa shape index (κ2) is 5.13. The molecule has 0 atom stereocenters. The van der Waals surface area contributed by atoms with Gasteiger partial charge in [-0.05, 0) is 5.56 Å². The maximum absolute atomic E-state index is 12.2. The molecular formula is C16H25NO. The number of nitrogens with zero attached hydrogens (tertiary/aromatic N) is 1. The fourth-order valence-electron chi connectivity index (χ4n) is 2.22. The molecule has 2 heteroatoms. The van der Waals surface area contributed by atoms with Crippen molar-refractivity contribution in [3.63, 3.8) is 0 Å². The molecule has 0 spiro atoms. The molecule has 1 rings (SSSR count). The number of hydrogen-bond donors (Lipinski definition) is 0. The van der Waals surface area contributed by atoms with Crippen molar-refractivity contribution in [2.45, 2.75) is 40.0 Å². The molecule has 2 nitrogen and oxygen atoms in total. The van der Waals surface area contributed by atoms with Crippen LogP contribution in [-0.2, 0) is 10.2 Å². The van der Waals surface area contributed by atoms with Crippen molar-refractivity contribution in [3.8, 4) is 0 Å². The summed E-state index contributed by atoms with van der Waals surface area (Å²) >= 11 is 0. The Morgan fingerprint density at radius 3 is 2.00 bits per heavy atom. The predicted molar refractivity (Wildman–Crippen MR) is 76.6 cm³/mol. The highest BCUT2D eigenvalue weighted by molar-refractivity contribution is 5.81. The van der Waals surface area contributed by atoms with Gasteiger partial charge in [-0.15, -0.1) is 0 Å². The van der Waals surface area contributed by atoms with Gasteiger partial charge in [0.1, 0.15) is 0 Å². The maximum Gasteiger partial charge on any atom is 0.227 e. The number of likely N-dealkylation sites (N-methyl/N-ethyl adjacent to an activating group) is 1. The van der Waals surface area contributed by atoms with Gasteiger partial charge in [0.25, 0.3) is 0 Å². The monoisotopic (exact) mass is 247 g/mol. The lowest BCUT2D eigenvalue weighted by Gasteiger charge is -2.34. The lowest BCUT2D eigenvalue weighted by molar-refractivity contribution is -0.138. The van der Waals surface area contributed by atoms with Crippen LogP contribution in [0.2, 0.25) is 0 Å². The standard InChI is InChI=1S/C16H25NO/c1-15(2,3)14(18)17(6)12-16(4,5)13-10-8-7-9-11-13/h7-11H,12H2,1-6H3. The van der Waals surface area contributed by atoms with Gasteiger partial charge in [0.15, 0.2) is 0 Å². The van der Waals surface area contributed by atoms with Crippen LogP contribution in [0.25, 0.3) is 0 Å². The molecule has 0 N–H and O–H groups in total. The molecule has 1 aromatic carbocycles. The maximum atomic E-state index is 12.2. The summed E-state index contributed by atoms with van der Waals surface area (Å²) in [6, 6.07) is 10.3. The Hall–Kier alpha value is -1.31. The zero-order chi connectivity index (χ0) is 14.0. The van der Waals surface area contributed by atoms with E-state index in [9.17, 15) is 4.79 Å². The number of carbonyl (C=O) groups excluding carboxylic acids is 1. The van der Waals surface area contributed by atoms with E-state index >= 15 is 0 Å². The summed E-state index contributed by atoms with van der Waals surface area (Å²) in [6.45, 7) is 11.0. The van der Waals surface area contributed by atoms with Crippen LogP contribution in [-0.4, -0.2) is 24.4 Å². The summed E-state index contributed by atoms with van der Waals surface area (Å²) in [5, 5.41) is 0. The zero-order valence-corrected chi connectivity index (χ0v) is 12.4. The van der Waals surface area contributed by atoms with E-state index in [0.717, 1.165) is 6.54 Å². The van der Waals surface area contributed by atoms with E-state index in [1.165, 1.54) is 5.56 Å². The quantitative estimate of drug-likeness (QED) is 0.801. The molecule has 0 saturated carbocycles. The fraction of sp³-hybridized carbons (Fsp3) is 0.562. The minimum atomic E-state index is -0.318. The Morgan fingerprint density at radius 2 is 1.56 bits per heavy atom. The van der Waals surface area contributed by atoms with E-state index in [1.807, 2.05) is 50.9 Å². The second-order valence-electron chi connectivity index (χ2n) is 6.66. The predicted octanol–water partition coefficient (Wildman–Crippen LogP) is 3.47. The summed E-state index contributed by atoms with van der Waals surface area (Å²) < 4.78 is 0. The first kappa shape index (κ1) is 14.7. The SMILES string of the molecule is CN(CC(C)(C)c1ccccc1)C(=O)C(C)(C)C. The molecule has 0 aliphatic carbocycles. The summed E-state index contributed by atoms with van der Waals surface area (Å²) in [4.78, 5) is 14.0. The van der Waals surface area contributed by atoms with E-state index in [4.69, 9.17) is 0 Å². The number of benzene rings is 1. The molecule has 1 aromatic rings. The van der Waals surface area contributed by atoms with E-state index in [0.29, 0.717) is 0 Å². The molecule has 1 amide bonds. The van der Waals surface area contributed by atoms with Crippen LogP contribution >= 0.6 is 0 Å². The summed E-state index contributed by atoms with van der Waals surface area (Å²) in [5.41, 5.74) is 0.914. The van der Waals surface area contributed by atoms with Crippen molar-refractivity contribution in [1.29, 1.82) is 0 Å². The number of rotatable bonds is 3. The lowest BCUT2D eigenvalue weighted by Crippen LogP contribution is -2.43. The molecule has 0 aliphatic heterocycles. The van der Waals surface area contributed by atoms with Crippen LogP contribution in [0.5, 0.6) is 0 Å². The molecule has 18 heavy (non-hydrogen) atoms. The Labute approximate surface area is 111 Å². The molecule has 0 aromatic heterocycles. The number of hydrogen-bond acceptors (Lipinski definition) is 1. The molecule has 0 radical (unpaired) electrons. The highest BCUT2D eigenvalue weighted by atomic mass is 16.2.